The average molecular weight is 517 g/mol. The van der Waals surface area contributed by atoms with Crippen LogP contribution in [-0.2, 0) is 0 Å². The first-order valence-electron chi connectivity index (χ1n) is 14.2. The van der Waals surface area contributed by atoms with Crippen LogP contribution in [0.4, 0.5) is 9.59 Å². The fourth-order valence-corrected chi connectivity index (χ4v) is 8.88. The molecule has 0 aromatic rings. The van der Waals surface area contributed by atoms with E-state index in [-0.39, 0.29) is 46.5 Å². The van der Waals surface area contributed by atoms with Crippen molar-refractivity contribution in [2.24, 2.45) is 0 Å². The van der Waals surface area contributed by atoms with E-state index in [4.69, 9.17) is 0 Å². The molecule has 2 bridgehead atoms. The standard InChI is InChI=1S/C27H48N8O2/c1-24(2)10-18(11-25(3,4)28-24)30-14-32-20-9-21-34(22(32)36)16-31(17-35(21)23(37)33(20)15-30)19-12-26(5,6)29-27(7,8)13-19/h18-21,28-29H,9-17H2,1-8H3. The zero-order chi connectivity index (χ0) is 26.7. The van der Waals surface area contributed by atoms with E-state index in [9.17, 15) is 9.59 Å². The van der Waals surface area contributed by atoms with Crippen molar-refractivity contribution in [3.63, 3.8) is 0 Å². The van der Waals surface area contributed by atoms with E-state index in [0.717, 1.165) is 32.1 Å². The largest absolute Gasteiger partial charge is 0.325 e. The zero-order valence-corrected chi connectivity index (χ0v) is 24.2. The minimum absolute atomic E-state index is 0.00654. The molecule has 208 valence electrons. The predicted molar refractivity (Wildman–Crippen MR) is 142 cm³/mol. The van der Waals surface area contributed by atoms with Crippen LogP contribution in [-0.4, -0.2) is 115 Å². The molecule has 0 radical (unpaired) electrons. The highest BCUT2D eigenvalue weighted by molar-refractivity contribution is 5.83. The molecule has 6 saturated heterocycles. The van der Waals surface area contributed by atoms with Crippen LogP contribution < -0.4 is 10.6 Å². The number of piperidine rings is 2. The van der Waals surface area contributed by atoms with Crippen molar-refractivity contribution in [3.8, 4) is 0 Å². The molecule has 0 aromatic heterocycles. The Kier molecular flexibility index (Phi) is 5.52. The summed E-state index contributed by atoms with van der Waals surface area (Å²) in [6.07, 6.45) is 4.55. The van der Waals surface area contributed by atoms with Gasteiger partial charge in [0, 0.05) is 40.7 Å². The summed E-state index contributed by atoms with van der Waals surface area (Å²) in [7, 11) is 0. The second kappa shape index (κ2) is 7.96. The van der Waals surface area contributed by atoms with Gasteiger partial charge in [-0.2, -0.15) is 0 Å². The molecule has 0 spiro atoms. The van der Waals surface area contributed by atoms with Crippen LogP contribution in [0, 0.1) is 0 Å². The van der Waals surface area contributed by atoms with E-state index in [1.807, 2.05) is 19.6 Å². The van der Waals surface area contributed by atoms with E-state index in [2.05, 4.69) is 75.8 Å². The van der Waals surface area contributed by atoms with Gasteiger partial charge in [-0.05, 0) is 81.1 Å². The van der Waals surface area contributed by atoms with Gasteiger partial charge in [0.2, 0.25) is 0 Å². The monoisotopic (exact) mass is 516 g/mol. The molecule has 4 amide bonds. The third kappa shape index (κ3) is 4.41. The van der Waals surface area contributed by atoms with Crippen LogP contribution in [0.5, 0.6) is 0 Å². The summed E-state index contributed by atoms with van der Waals surface area (Å²) in [5, 5.41) is 7.55. The van der Waals surface area contributed by atoms with Gasteiger partial charge >= 0.3 is 12.1 Å². The van der Waals surface area contributed by atoms with Gasteiger partial charge in [0.05, 0.1) is 26.7 Å². The number of nitrogens with one attached hydrogen (secondary N) is 2. The summed E-state index contributed by atoms with van der Waals surface area (Å²) in [6, 6.07) is 0.789. The highest BCUT2D eigenvalue weighted by Crippen LogP contribution is 2.41. The quantitative estimate of drug-likeness (QED) is 0.588. The van der Waals surface area contributed by atoms with E-state index in [1.165, 1.54) is 0 Å². The lowest BCUT2D eigenvalue weighted by Crippen LogP contribution is -2.82. The van der Waals surface area contributed by atoms with Gasteiger partial charge in [0.25, 0.3) is 0 Å². The van der Waals surface area contributed by atoms with Crippen LogP contribution in [0.2, 0.25) is 0 Å². The van der Waals surface area contributed by atoms with Crippen LogP contribution in [0.25, 0.3) is 0 Å². The lowest BCUT2D eigenvalue weighted by atomic mass is 9.79. The molecule has 2 N–H and O–H groups in total. The fourth-order valence-electron chi connectivity index (χ4n) is 8.88. The Morgan fingerprint density at radius 3 is 1.08 bits per heavy atom. The van der Waals surface area contributed by atoms with E-state index >= 15 is 0 Å². The number of hydrogen-bond acceptors (Lipinski definition) is 6. The van der Waals surface area contributed by atoms with Crippen LogP contribution in [0.3, 0.4) is 0 Å². The van der Waals surface area contributed by atoms with Gasteiger partial charge < -0.3 is 10.6 Å². The summed E-state index contributed by atoms with van der Waals surface area (Å²) >= 11 is 0. The van der Waals surface area contributed by atoms with Crippen molar-refractivity contribution in [2.75, 3.05) is 26.7 Å². The SMILES string of the molecule is CC1(C)CC(N2CN3C(=O)N4CN(C5CC(C)(C)NC(C)(C)C5)CN5C(=O)N(C2)C3CC45)CC(C)(C)N1. The Morgan fingerprint density at radius 1 is 0.541 bits per heavy atom. The van der Waals surface area contributed by atoms with Gasteiger partial charge in [-0.25, -0.2) is 9.59 Å². The Morgan fingerprint density at radius 2 is 0.811 bits per heavy atom. The first kappa shape index (κ1) is 25.6. The molecule has 0 aromatic carbocycles. The predicted octanol–water partition coefficient (Wildman–Crippen LogP) is 2.58. The van der Waals surface area contributed by atoms with E-state index < -0.39 is 0 Å². The lowest BCUT2D eigenvalue weighted by molar-refractivity contribution is -0.178. The second-order valence-electron chi connectivity index (χ2n) is 15.3. The molecule has 6 aliphatic rings. The first-order valence-corrected chi connectivity index (χ1v) is 14.2. The molecular formula is C27H48N8O2. The average Bonchev–Trinajstić information content (AvgIpc) is 2.73. The number of amides is 4. The van der Waals surface area contributed by atoms with Crippen molar-refractivity contribution in [1.82, 2.24) is 40.0 Å². The van der Waals surface area contributed by atoms with Gasteiger partial charge in [-0.1, -0.05) is 0 Å². The topological polar surface area (TPSA) is 77.6 Å². The summed E-state index contributed by atoms with van der Waals surface area (Å²) in [5.74, 6) is 0. The molecule has 6 heterocycles. The Labute approximate surface area is 222 Å². The van der Waals surface area contributed by atoms with Gasteiger partial charge in [0.15, 0.2) is 0 Å². The summed E-state index contributed by atoms with van der Waals surface area (Å²) in [6.45, 7) is 20.5. The molecule has 0 saturated carbocycles. The highest BCUT2D eigenvalue weighted by Gasteiger charge is 2.58. The number of urea groups is 2. The maximum atomic E-state index is 14.0. The molecule has 0 unspecified atom stereocenters. The molecule has 6 fully saturated rings. The number of carbonyl (C=O) groups excluding carboxylic acids is 2. The second-order valence-corrected chi connectivity index (χ2v) is 15.3. The molecule has 10 heteroatoms. The highest BCUT2D eigenvalue weighted by atomic mass is 16.2. The normalized spacial score (nSPS) is 32.9. The molecule has 37 heavy (non-hydrogen) atoms. The van der Waals surface area contributed by atoms with Crippen molar-refractivity contribution in [3.05, 3.63) is 0 Å². The van der Waals surface area contributed by atoms with Crippen molar-refractivity contribution in [1.29, 1.82) is 0 Å². The number of hydrogen-bond donors (Lipinski definition) is 2. The smallest absolute Gasteiger partial charge is 0.307 e. The lowest BCUT2D eigenvalue weighted by Gasteiger charge is -2.65. The first-order chi connectivity index (χ1) is 17.0. The summed E-state index contributed by atoms with van der Waals surface area (Å²) in [5.41, 5.74) is 0.0262. The Balaban J connectivity index is 1.26. The van der Waals surface area contributed by atoms with Gasteiger partial charge in [0.1, 0.15) is 12.3 Å². The summed E-state index contributed by atoms with van der Waals surface area (Å²) < 4.78 is 0. The van der Waals surface area contributed by atoms with Crippen LogP contribution in [0.15, 0.2) is 0 Å². The molecule has 10 nitrogen and oxygen atoms in total. The number of rotatable bonds is 2. The van der Waals surface area contributed by atoms with Crippen molar-refractivity contribution < 1.29 is 9.59 Å². The molecule has 0 atom stereocenters. The third-order valence-corrected chi connectivity index (χ3v) is 9.55. The maximum Gasteiger partial charge on any atom is 0.325 e. The van der Waals surface area contributed by atoms with Crippen LogP contribution >= 0.6 is 0 Å². The molecule has 6 rings (SSSR count). The third-order valence-electron chi connectivity index (χ3n) is 9.55. The Hall–Kier alpha value is -1.62. The van der Waals surface area contributed by atoms with Crippen molar-refractivity contribution >= 4 is 12.1 Å². The van der Waals surface area contributed by atoms with E-state index in [0.29, 0.717) is 38.8 Å². The fraction of sp³-hybridized carbons (Fsp3) is 0.926. The van der Waals surface area contributed by atoms with Gasteiger partial charge in [-0.3, -0.25) is 29.4 Å². The molecular weight excluding hydrogens is 468 g/mol. The minimum Gasteiger partial charge on any atom is -0.307 e. The molecule has 0 aliphatic carbocycles. The van der Waals surface area contributed by atoms with Crippen molar-refractivity contribution in [2.45, 2.75) is 134 Å². The van der Waals surface area contributed by atoms with Crippen LogP contribution in [0.1, 0.15) is 87.5 Å². The number of carbonyl (C=O) groups is 2. The zero-order valence-electron chi connectivity index (χ0n) is 24.2. The van der Waals surface area contributed by atoms with E-state index in [1.54, 1.807) is 0 Å². The summed E-state index contributed by atoms with van der Waals surface area (Å²) in [4.78, 5) is 40.8. The maximum absolute atomic E-state index is 14.0. The Bertz CT molecular complexity index is 839. The van der Waals surface area contributed by atoms with Gasteiger partial charge in [-0.15, -0.1) is 0 Å². The molecule has 6 aliphatic heterocycles. The minimum atomic E-state index is -0.125. The number of nitrogens with zero attached hydrogens (tertiary/aromatic N) is 6.